The minimum absolute atomic E-state index is 0.0154. The van der Waals surface area contributed by atoms with E-state index in [1.165, 1.54) is 18.9 Å². The third kappa shape index (κ3) is 2.74. The van der Waals surface area contributed by atoms with E-state index in [9.17, 15) is 0 Å². The average Bonchev–Trinajstić information content (AvgIpc) is 2.64. The molecule has 0 N–H and O–H groups in total. The molecule has 0 bridgehead atoms. The fraction of sp³-hybridized carbons (Fsp3) is 0.167. The van der Waals surface area contributed by atoms with Crippen molar-refractivity contribution in [1.82, 2.24) is 0 Å². The van der Waals surface area contributed by atoms with Crippen molar-refractivity contribution in [3.05, 3.63) is 55.3 Å². The lowest BCUT2D eigenvalue weighted by Gasteiger charge is -2.07. The maximum Gasteiger partial charge on any atom is 0.0928 e. The topological polar surface area (TPSA) is 0 Å². The number of hydrogen-bond donors (Lipinski definition) is 0. The van der Waals surface area contributed by atoms with Crippen molar-refractivity contribution in [3.8, 4) is 0 Å². The molecule has 2 aromatic rings. The van der Waals surface area contributed by atoms with Gasteiger partial charge >= 0.3 is 0 Å². The van der Waals surface area contributed by atoms with E-state index >= 15 is 0 Å². The van der Waals surface area contributed by atoms with E-state index in [0.29, 0.717) is 0 Å². The first-order valence-corrected chi connectivity index (χ1v) is 6.96. The summed E-state index contributed by atoms with van der Waals surface area (Å²) in [5.41, 5.74) is 1.17. The molecule has 0 nitrogen and oxygen atoms in total. The summed E-state index contributed by atoms with van der Waals surface area (Å²) in [6, 6.07) is 12.6. The van der Waals surface area contributed by atoms with Gasteiger partial charge in [0, 0.05) is 13.3 Å². The van der Waals surface area contributed by atoms with Crippen molar-refractivity contribution >= 4 is 45.5 Å². The Bertz CT molecular complexity index is 464. The molecule has 0 spiro atoms. The molecule has 0 aliphatic rings. The number of halogens is 2. The van der Waals surface area contributed by atoms with Gasteiger partial charge in [0.1, 0.15) is 0 Å². The maximum atomic E-state index is 6.42. The molecule has 0 amide bonds. The predicted octanol–water partition coefficient (Wildman–Crippen LogP) is 4.99. The zero-order valence-electron chi connectivity index (χ0n) is 8.21. The predicted molar refractivity (Wildman–Crippen MR) is 75.9 cm³/mol. The lowest BCUT2D eigenvalue weighted by molar-refractivity contribution is 1.18. The molecular weight excluding hydrogens is 339 g/mol. The molecule has 15 heavy (non-hydrogen) atoms. The van der Waals surface area contributed by atoms with Crippen molar-refractivity contribution in [1.29, 1.82) is 0 Å². The van der Waals surface area contributed by atoms with E-state index in [1.54, 1.807) is 11.3 Å². The largest absolute Gasteiger partial charge is 0.144 e. The van der Waals surface area contributed by atoms with Crippen molar-refractivity contribution in [2.45, 2.75) is 12.3 Å². The van der Waals surface area contributed by atoms with Crippen molar-refractivity contribution < 1.29 is 0 Å². The quantitative estimate of drug-likeness (QED) is 0.530. The van der Waals surface area contributed by atoms with E-state index in [1.807, 2.05) is 6.07 Å². The molecule has 1 unspecified atom stereocenters. The fourth-order valence-corrected chi connectivity index (χ4v) is 3.21. The Morgan fingerprint density at radius 1 is 1.27 bits per heavy atom. The van der Waals surface area contributed by atoms with Crippen LogP contribution in [0.3, 0.4) is 0 Å². The first kappa shape index (κ1) is 11.4. The van der Waals surface area contributed by atoms with Crippen LogP contribution in [0.25, 0.3) is 0 Å². The summed E-state index contributed by atoms with van der Waals surface area (Å²) in [7, 11) is 0. The van der Waals surface area contributed by atoms with Crippen molar-refractivity contribution in [2.24, 2.45) is 0 Å². The van der Waals surface area contributed by atoms with Gasteiger partial charge in [-0.25, -0.2) is 0 Å². The Morgan fingerprint density at radius 2 is 2.07 bits per heavy atom. The minimum Gasteiger partial charge on any atom is -0.144 e. The molecule has 2 rings (SSSR count). The van der Waals surface area contributed by atoms with Gasteiger partial charge in [0.05, 0.1) is 5.38 Å². The second kappa shape index (κ2) is 4.85. The zero-order chi connectivity index (χ0) is 10.8. The van der Waals surface area contributed by atoms with Crippen LogP contribution in [0, 0.1) is 10.5 Å². The highest BCUT2D eigenvalue weighted by atomic mass is 127. The fourth-order valence-electron chi connectivity index (χ4n) is 1.42. The van der Waals surface area contributed by atoms with Crippen LogP contribution in [-0.2, 0) is 0 Å². The smallest absolute Gasteiger partial charge is 0.0928 e. The van der Waals surface area contributed by atoms with Gasteiger partial charge < -0.3 is 0 Å². The van der Waals surface area contributed by atoms with Crippen LogP contribution in [0.2, 0.25) is 0 Å². The van der Waals surface area contributed by atoms with Gasteiger partial charge in [0.25, 0.3) is 0 Å². The van der Waals surface area contributed by atoms with Crippen LogP contribution in [0.5, 0.6) is 0 Å². The first-order valence-electron chi connectivity index (χ1n) is 4.62. The van der Waals surface area contributed by atoms with Gasteiger partial charge in [0.15, 0.2) is 0 Å². The summed E-state index contributed by atoms with van der Waals surface area (Å²) < 4.78 is 1.23. The van der Waals surface area contributed by atoms with Crippen LogP contribution in [0.4, 0.5) is 0 Å². The molecule has 0 aliphatic heterocycles. The monoisotopic (exact) mass is 348 g/mol. The summed E-state index contributed by atoms with van der Waals surface area (Å²) in [4.78, 5) is 2.53. The molecule has 0 aliphatic carbocycles. The SMILES string of the molecule is Cc1ccc(C(Cl)c2cccc(I)c2)s1. The molecule has 1 heterocycles. The first-order chi connectivity index (χ1) is 7.16. The standard InChI is InChI=1S/C12H10ClIS/c1-8-5-6-11(15-8)12(13)9-3-2-4-10(14)7-9/h2-7,12H,1H3. The third-order valence-electron chi connectivity index (χ3n) is 2.15. The lowest BCUT2D eigenvalue weighted by atomic mass is 10.1. The van der Waals surface area contributed by atoms with Gasteiger partial charge in [0.2, 0.25) is 0 Å². The molecule has 0 saturated heterocycles. The van der Waals surface area contributed by atoms with Crippen LogP contribution in [-0.4, -0.2) is 0 Å². The summed E-state index contributed by atoms with van der Waals surface area (Å²) in [5.74, 6) is 0. The number of rotatable bonds is 2. The molecule has 1 atom stereocenters. The molecule has 0 radical (unpaired) electrons. The molecule has 0 saturated carbocycles. The second-order valence-electron chi connectivity index (χ2n) is 3.37. The van der Waals surface area contributed by atoms with E-state index < -0.39 is 0 Å². The number of alkyl halides is 1. The van der Waals surface area contributed by atoms with Gasteiger partial charge in [-0.3, -0.25) is 0 Å². The van der Waals surface area contributed by atoms with Gasteiger partial charge in [-0.15, -0.1) is 22.9 Å². The molecule has 0 fully saturated rings. The number of thiophene rings is 1. The highest BCUT2D eigenvalue weighted by Gasteiger charge is 2.12. The molecule has 1 aromatic carbocycles. The average molecular weight is 349 g/mol. The molecular formula is C12H10ClIS. The third-order valence-corrected chi connectivity index (χ3v) is 4.51. The Labute approximate surface area is 112 Å². The minimum atomic E-state index is -0.0154. The number of benzene rings is 1. The maximum absolute atomic E-state index is 6.42. The molecule has 3 heteroatoms. The second-order valence-corrected chi connectivity index (χ2v) is 6.37. The Hall–Kier alpha value is -0.0600. The summed E-state index contributed by atoms with van der Waals surface area (Å²) in [6.07, 6.45) is 0. The van der Waals surface area contributed by atoms with Gasteiger partial charge in [-0.2, -0.15) is 0 Å². The summed E-state index contributed by atoms with van der Waals surface area (Å²) in [5, 5.41) is -0.0154. The number of hydrogen-bond acceptors (Lipinski definition) is 1. The van der Waals surface area contributed by atoms with E-state index in [0.717, 1.165) is 0 Å². The zero-order valence-corrected chi connectivity index (χ0v) is 11.9. The highest BCUT2D eigenvalue weighted by molar-refractivity contribution is 14.1. The van der Waals surface area contributed by atoms with Gasteiger partial charge in [-0.05, 0) is 59.3 Å². The van der Waals surface area contributed by atoms with E-state index in [-0.39, 0.29) is 5.38 Å². The molecule has 1 aromatic heterocycles. The normalized spacial score (nSPS) is 12.7. The van der Waals surface area contributed by atoms with Crippen LogP contribution < -0.4 is 0 Å². The number of aryl methyl sites for hydroxylation is 1. The van der Waals surface area contributed by atoms with Crippen LogP contribution in [0.1, 0.15) is 20.7 Å². The van der Waals surface area contributed by atoms with E-state index in [4.69, 9.17) is 11.6 Å². The Morgan fingerprint density at radius 3 is 2.67 bits per heavy atom. The summed E-state index contributed by atoms with van der Waals surface area (Å²) in [6.45, 7) is 2.10. The van der Waals surface area contributed by atoms with Crippen molar-refractivity contribution in [2.75, 3.05) is 0 Å². The molecule has 78 valence electrons. The Balaban J connectivity index is 2.32. The van der Waals surface area contributed by atoms with Gasteiger partial charge in [-0.1, -0.05) is 12.1 Å². The lowest BCUT2D eigenvalue weighted by Crippen LogP contribution is -1.90. The van der Waals surface area contributed by atoms with Crippen LogP contribution >= 0.6 is 45.5 Å². The summed E-state index contributed by atoms with van der Waals surface area (Å²) >= 11 is 10.5. The van der Waals surface area contributed by atoms with Crippen LogP contribution in [0.15, 0.2) is 36.4 Å². The highest BCUT2D eigenvalue weighted by Crippen LogP contribution is 2.33. The Kier molecular flexibility index (Phi) is 3.69. The van der Waals surface area contributed by atoms with Crippen molar-refractivity contribution in [3.63, 3.8) is 0 Å². The van der Waals surface area contributed by atoms with E-state index in [2.05, 4.69) is 59.8 Å².